The molecule has 0 amide bonds. The normalized spacial score (nSPS) is 18.9. The molecule has 0 atom stereocenters. The summed E-state index contributed by atoms with van der Waals surface area (Å²) in [4.78, 5) is 7.15. The van der Waals surface area contributed by atoms with Gasteiger partial charge in [0.1, 0.15) is 0 Å². The number of nitrogens with one attached hydrogen (secondary N) is 2. The van der Waals surface area contributed by atoms with Crippen molar-refractivity contribution in [2.45, 2.75) is 58.0 Å². The summed E-state index contributed by atoms with van der Waals surface area (Å²) in [5.41, 5.74) is 4.17. The van der Waals surface area contributed by atoms with Crippen LogP contribution in [-0.4, -0.2) is 32.1 Å². The van der Waals surface area contributed by atoms with Crippen LogP contribution in [0.1, 0.15) is 50.2 Å². The van der Waals surface area contributed by atoms with Gasteiger partial charge >= 0.3 is 0 Å². The largest absolute Gasteiger partial charge is 0.374 e. The second kappa shape index (κ2) is 7.71. The Bertz CT molecular complexity index is 546. The van der Waals surface area contributed by atoms with Crippen molar-refractivity contribution < 1.29 is 0 Å². The first kappa shape index (κ1) is 16.2. The maximum Gasteiger partial charge on any atom is 0.191 e. The lowest BCUT2D eigenvalue weighted by Gasteiger charge is -2.27. The first-order valence-electron chi connectivity index (χ1n) is 9.14. The Morgan fingerprint density at radius 1 is 1.26 bits per heavy atom. The quantitative estimate of drug-likeness (QED) is 0.663. The van der Waals surface area contributed by atoms with Crippen LogP contribution < -0.4 is 15.5 Å². The average molecular weight is 314 g/mol. The smallest absolute Gasteiger partial charge is 0.191 e. The van der Waals surface area contributed by atoms with Gasteiger partial charge in [0.2, 0.25) is 0 Å². The van der Waals surface area contributed by atoms with E-state index in [4.69, 9.17) is 4.99 Å². The highest BCUT2D eigenvalue weighted by molar-refractivity contribution is 5.80. The highest BCUT2D eigenvalue weighted by atomic mass is 15.2. The molecule has 1 aliphatic heterocycles. The number of aliphatic imine (C=N–C) groups is 1. The molecular weight excluding hydrogens is 284 g/mol. The molecule has 0 spiro atoms. The minimum Gasteiger partial charge on any atom is -0.374 e. The lowest BCUT2D eigenvalue weighted by Crippen LogP contribution is -2.42. The molecule has 1 aliphatic carbocycles. The zero-order valence-corrected chi connectivity index (χ0v) is 14.6. The lowest BCUT2D eigenvalue weighted by atomic mass is 10.00. The Hall–Kier alpha value is -1.71. The second-order valence-electron chi connectivity index (χ2n) is 6.81. The van der Waals surface area contributed by atoms with Crippen molar-refractivity contribution in [1.82, 2.24) is 10.6 Å². The molecule has 3 rings (SSSR count). The second-order valence-corrected chi connectivity index (χ2v) is 6.81. The van der Waals surface area contributed by atoms with Gasteiger partial charge < -0.3 is 15.5 Å². The molecule has 1 aromatic carbocycles. The molecular formula is C19H30N4. The van der Waals surface area contributed by atoms with Gasteiger partial charge in [0, 0.05) is 31.9 Å². The van der Waals surface area contributed by atoms with Gasteiger partial charge in [-0.05, 0) is 49.8 Å². The van der Waals surface area contributed by atoms with Gasteiger partial charge in [-0.3, -0.25) is 0 Å². The number of aryl methyl sites for hydroxylation is 1. The summed E-state index contributed by atoms with van der Waals surface area (Å²) in [6.45, 7) is 4.95. The SMILES string of the molecule is CCNC(=NCc1ccc2c(c1)CCCN2C)NC1CCCC1. The van der Waals surface area contributed by atoms with Gasteiger partial charge in [-0.2, -0.15) is 0 Å². The van der Waals surface area contributed by atoms with E-state index >= 15 is 0 Å². The molecule has 4 heteroatoms. The molecule has 0 unspecified atom stereocenters. The topological polar surface area (TPSA) is 39.7 Å². The number of nitrogens with zero attached hydrogens (tertiary/aromatic N) is 2. The summed E-state index contributed by atoms with van der Waals surface area (Å²) in [6.07, 6.45) is 7.68. The van der Waals surface area contributed by atoms with Gasteiger partial charge in [0.15, 0.2) is 5.96 Å². The predicted octanol–water partition coefficient (Wildman–Crippen LogP) is 3.07. The first-order chi connectivity index (χ1) is 11.3. The standard InChI is InChI=1S/C19H30N4/c1-3-20-19(22-17-8-4-5-9-17)21-14-15-10-11-18-16(13-15)7-6-12-23(18)2/h10-11,13,17H,3-9,12,14H2,1-2H3,(H2,20,21,22). The van der Waals surface area contributed by atoms with Crippen molar-refractivity contribution >= 4 is 11.6 Å². The summed E-state index contributed by atoms with van der Waals surface area (Å²) in [5, 5.41) is 6.97. The molecule has 2 N–H and O–H groups in total. The third-order valence-electron chi connectivity index (χ3n) is 4.95. The molecule has 126 valence electrons. The maximum atomic E-state index is 4.80. The molecule has 1 aromatic rings. The molecule has 2 aliphatic rings. The zero-order valence-electron chi connectivity index (χ0n) is 14.6. The number of anilines is 1. The van der Waals surface area contributed by atoms with Gasteiger partial charge in [-0.1, -0.05) is 25.0 Å². The van der Waals surface area contributed by atoms with Crippen molar-refractivity contribution in [2.75, 3.05) is 25.0 Å². The van der Waals surface area contributed by atoms with E-state index in [1.54, 1.807) is 0 Å². The average Bonchev–Trinajstić information content (AvgIpc) is 3.06. The zero-order chi connectivity index (χ0) is 16.1. The van der Waals surface area contributed by atoms with E-state index in [9.17, 15) is 0 Å². The highest BCUT2D eigenvalue weighted by Gasteiger charge is 2.16. The predicted molar refractivity (Wildman–Crippen MR) is 98.2 cm³/mol. The Morgan fingerprint density at radius 3 is 2.87 bits per heavy atom. The van der Waals surface area contributed by atoms with E-state index in [0.29, 0.717) is 6.04 Å². The lowest BCUT2D eigenvalue weighted by molar-refractivity contribution is 0.614. The van der Waals surface area contributed by atoms with Crippen LogP contribution in [0.5, 0.6) is 0 Å². The fourth-order valence-electron chi connectivity index (χ4n) is 3.69. The molecule has 0 bridgehead atoms. The van der Waals surface area contributed by atoms with E-state index in [0.717, 1.165) is 19.0 Å². The van der Waals surface area contributed by atoms with Crippen LogP contribution in [0, 0.1) is 0 Å². The first-order valence-corrected chi connectivity index (χ1v) is 9.14. The van der Waals surface area contributed by atoms with E-state index in [-0.39, 0.29) is 0 Å². The fourth-order valence-corrected chi connectivity index (χ4v) is 3.69. The van der Waals surface area contributed by atoms with Crippen LogP contribution in [0.15, 0.2) is 23.2 Å². The van der Waals surface area contributed by atoms with Crippen LogP contribution in [0.25, 0.3) is 0 Å². The van der Waals surface area contributed by atoms with Gasteiger partial charge in [0.05, 0.1) is 6.54 Å². The number of rotatable bonds is 4. The summed E-state index contributed by atoms with van der Waals surface area (Å²) in [7, 11) is 2.19. The van der Waals surface area contributed by atoms with Crippen molar-refractivity contribution in [2.24, 2.45) is 4.99 Å². The fraction of sp³-hybridized carbons (Fsp3) is 0.632. The highest BCUT2D eigenvalue weighted by Crippen LogP contribution is 2.27. The van der Waals surface area contributed by atoms with Crippen LogP contribution in [0.2, 0.25) is 0 Å². The van der Waals surface area contributed by atoms with Crippen LogP contribution in [0.4, 0.5) is 5.69 Å². The Kier molecular flexibility index (Phi) is 5.42. The third kappa shape index (κ3) is 4.18. The van der Waals surface area contributed by atoms with E-state index < -0.39 is 0 Å². The maximum absolute atomic E-state index is 4.80. The number of benzene rings is 1. The van der Waals surface area contributed by atoms with E-state index in [1.165, 1.54) is 61.9 Å². The molecule has 0 radical (unpaired) electrons. The summed E-state index contributed by atoms with van der Waals surface area (Å²) in [6, 6.07) is 7.43. The number of guanidine groups is 1. The summed E-state index contributed by atoms with van der Waals surface area (Å²) < 4.78 is 0. The Morgan fingerprint density at radius 2 is 2.09 bits per heavy atom. The van der Waals surface area contributed by atoms with Crippen LogP contribution in [-0.2, 0) is 13.0 Å². The minimum atomic E-state index is 0.602. The Labute approximate surface area is 140 Å². The van der Waals surface area contributed by atoms with Crippen LogP contribution in [0.3, 0.4) is 0 Å². The van der Waals surface area contributed by atoms with Crippen molar-refractivity contribution in [3.05, 3.63) is 29.3 Å². The molecule has 0 saturated heterocycles. The molecule has 1 saturated carbocycles. The summed E-state index contributed by atoms with van der Waals surface area (Å²) >= 11 is 0. The third-order valence-corrected chi connectivity index (χ3v) is 4.95. The van der Waals surface area contributed by atoms with Gasteiger partial charge in [-0.25, -0.2) is 4.99 Å². The molecule has 23 heavy (non-hydrogen) atoms. The number of hydrogen-bond donors (Lipinski definition) is 2. The molecule has 0 aromatic heterocycles. The molecule has 1 heterocycles. The monoisotopic (exact) mass is 314 g/mol. The van der Waals surface area contributed by atoms with Crippen LogP contribution >= 0.6 is 0 Å². The summed E-state index contributed by atoms with van der Waals surface area (Å²) in [5.74, 6) is 0.967. The minimum absolute atomic E-state index is 0.602. The van der Waals surface area contributed by atoms with E-state index in [1.807, 2.05) is 0 Å². The number of fused-ring (bicyclic) bond motifs is 1. The molecule has 4 nitrogen and oxygen atoms in total. The van der Waals surface area contributed by atoms with Crippen molar-refractivity contribution in [3.63, 3.8) is 0 Å². The van der Waals surface area contributed by atoms with Gasteiger partial charge in [0.25, 0.3) is 0 Å². The number of hydrogen-bond acceptors (Lipinski definition) is 2. The molecule has 1 fully saturated rings. The van der Waals surface area contributed by atoms with Crippen molar-refractivity contribution in [3.8, 4) is 0 Å². The van der Waals surface area contributed by atoms with Gasteiger partial charge in [-0.15, -0.1) is 0 Å². The van der Waals surface area contributed by atoms with Crippen molar-refractivity contribution in [1.29, 1.82) is 0 Å². The van der Waals surface area contributed by atoms with E-state index in [2.05, 4.69) is 47.7 Å². The Balaban J connectivity index is 1.66.